The molecule has 0 heterocycles. The maximum atomic E-state index is 12.1. The van der Waals surface area contributed by atoms with Crippen LogP contribution >= 0.6 is 0 Å². The molecule has 0 fully saturated rings. The van der Waals surface area contributed by atoms with Gasteiger partial charge in [-0.1, -0.05) is 6.92 Å². The van der Waals surface area contributed by atoms with Gasteiger partial charge in [-0.3, -0.25) is 14.4 Å². The van der Waals surface area contributed by atoms with Crippen molar-refractivity contribution in [3.8, 4) is 0 Å². The highest BCUT2D eigenvalue weighted by atomic mass is 16.4. The largest absolute Gasteiger partial charge is 0.480 e. The number of amides is 2. The molecule has 1 rings (SSSR count). The Morgan fingerprint density at radius 3 is 2.22 bits per heavy atom. The van der Waals surface area contributed by atoms with E-state index in [2.05, 4.69) is 10.6 Å². The number of anilines is 1. The number of hydrogen-bond donors (Lipinski definition) is 3. The highest BCUT2D eigenvalue weighted by molar-refractivity contribution is 5.97. The van der Waals surface area contributed by atoms with Crippen LogP contribution in [0.5, 0.6) is 0 Å². The molecule has 7 heteroatoms. The average molecular weight is 320 g/mol. The van der Waals surface area contributed by atoms with E-state index in [0.717, 1.165) is 0 Å². The number of aliphatic carboxylic acids is 1. The van der Waals surface area contributed by atoms with Crippen molar-refractivity contribution in [1.29, 1.82) is 0 Å². The quantitative estimate of drug-likeness (QED) is 0.673. The zero-order valence-corrected chi connectivity index (χ0v) is 13.1. The summed E-state index contributed by atoms with van der Waals surface area (Å²) in [7, 11) is 0. The molecule has 0 aliphatic heterocycles. The Balaban J connectivity index is 2.69. The molecule has 0 unspecified atom stereocenters. The molecule has 0 spiro atoms. The second-order valence-corrected chi connectivity index (χ2v) is 5.05. The lowest BCUT2D eigenvalue weighted by molar-refractivity contribution is -0.139. The van der Waals surface area contributed by atoms with Gasteiger partial charge in [-0.2, -0.15) is 0 Å². The third-order valence-corrected chi connectivity index (χ3v) is 3.18. The molecule has 0 bridgehead atoms. The SMILES string of the molecule is CCC(=O)CC[C@@H](NC(=O)c1ccc(NC(C)=O)cc1)C(=O)O. The molecule has 0 aliphatic carbocycles. The van der Waals surface area contributed by atoms with Gasteiger partial charge in [0.2, 0.25) is 5.91 Å². The summed E-state index contributed by atoms with van der Waals surface area (Å²) < 4.78 is 0. The summed E-state index contributed by atoms with van der Waals surface area (Å²) >= 11 is 0. The van der Waals surface area contributed by atoms with Gasteiger partial charge in [-0.25, -0.2) is 4.79 Å². The molecule has 124 valence electrons. The van der Waals surface area contributed by atoms with Crippen LogP contribution in [0.15, 0.2) is 24.3 Å². The van der Waals surface area contributed by atoms with Gasteiger partial charge in [0.15, 0.2) is 0 Å². The van der Waals surface area contributed by atoms with Crippen LogP contribution in [0.2, 0.25) is 0 Å². The zero-order valence-electron chi connectivity index (χ0n) is 13.1. The Hall–Kier alpha value is -2.70. The lowest BCUT2D eigenvalue weighted by Crippen LogP contribution is -2.41. The summed E-state index contributed by atoms with van der Waals surface area (Å²) in [5.74, 6) is -2.01. The molecular formula is C16H20N2O5. The van der Waals surface area contributed by atoms with E-state index in [4.69, 9.17) is 5.11 Å². The van der Waals surface area contributed by atoms with Crippen LogP contribution in [0.25, 0.3) is 0 Å². The number of carbonyl (C=O) groups excluding carboxylic acids is 3. The molecule has 0 aliphatic rings. The Labute approximate surface area is 134 Å². The van der Waals surface area contributed by atoms with Gasteiger partial charge < -0.3 is 15.7 Å². The first-order chi connectivity index (χ1) is 10.8. The molecule has 2 amide bonds. The van der Waals surface area contributed by atoms with E-state index in [9.17, 15) is 19.2 Å². The van der Waals surface area contributed by atoms with Gasteiger partial charge in [0.1, 0.15) is 11.8 Å². The normalized spacial score (nSPS) is 11.4. The van der Waals surface area contributed by atoms with Crippen LogP contribution in [0.3, 0.4) is 0 Å². The van der Waals surface area contributed by atoms with Crippen molar-refractivity contribution in [2.24, 2.45) is 0 Å². The Morgan fingerprint density at radius 2 is 1.74 bits per heavy atom. The summed E-state index contributed by atoms with van der Waals surface area (Å²) in [6.45, 7) is 3.07. The minimum Gasteiger partial charge on any atom is -0.480 e. The Morgan fingerprint density at radius 1 is 1.13 bits per heavy atom. The van der Waals surface area contributed by atoms with Crippen molar-refractivity contribution in [3.63, 3.8) is 0 Å². The molecule has 0 saturated heterocycles. The summed E-state index contributed by atoms with van der Waals surface area (Å²) in [5, 5.41) is 14.1. The van der Waals surface area contributed by atoms with Crippen LogP contribution in [0.1, 0.15) is 43.5 Å². The molecule has 1 aromatic carbocycles. The summed E-state index contributed by atoms with van der Waals surface area (Å²) in [4.78, 5) is 45.4. The van der Waals surface area contributed by atoms with E-state index in [1.807, 2.05) is 0 Å². The third-order valence-electron chi connectivity index (χ3n) is 3.18. The first-order valence-corrected chi connectivity index (χ1v) is 7.26. The number of carboxylic acids is 1. The van der Waals surface area contributed by atoms with Gasteiger partial charge in [0, 0.05) is 31.0 Å². The van der Waals surface area contributed by atoms with Crippen molar-refractivity contribution in [2.75, 3.05) is 5.32 Å². The fraction of sp³-hybridized carbons (Fsp3) is 0.375. The molecule has 0 aromatic heterocycles. The topological polar surface area (TPSA) is 113 Å². The molecular weight excluding hydrogens is 300 g/mol. The van der Waals surface area contributed by atoms with Gasteiger partial charge in [0.25, 0.3) is 5.91 Å². The van der Waals surface area contributed by atoms with E-state index >= 15 is 0 Å². The molecule has 23 heavy (non-hydrogen) atoms. The number of hydrogen-bond acceptors (Lipinski definition) is 4. The first-order valence-electron chi connectivity index (χ1n) is 7.26. The predicted octanol–water partition coefficient (Wildman–Crippen LogP) is 1.59. The number of ketones is 1. The summed E-state index contributed by atoms with van der Waals surface area (Å²) in [6.07, 6.45) is 0.498. The van der Waals surface area contributed by atoms with Gasteiger partial charge in [-0.05, 0) is 30.7 Å². The van der Waals surface area contributed by atoms with Crippen LogP contribution in [-0.2, 0) is 14.4 Å². The van der Waals surface area contributed by atoms with Crippen LogP contribution < -0.4 is 10.6 Å². The highest BCUT2D eigenvalue weighted by Gasteiger charge is 2.21. The second kappa shape index (κ2) is 8.67. The lowest BCUT2D eigenvalue weighted by Gasteiger charge is -2.14. The van der Waals surface area contributed by atoms with E-state index in [0.29, 0.717) is 12.1 Å². The highest BCUT2D eigenvalue weighted by Crippen LogP contribution is 2.10. The third kappa shape index (κ3) is 6.29. The number of nitrogens with one attached hydrogen (secondary N) is 2. The minimum absolute atomic E-state index is 0.0508. The van der Waals surface area contributed by atoms with Gasteiger partial charge in [-0.15, -0.1) is 0 Å². The Bertz CT molecular complexity index is 595. The maximum Gasteiger partial charge on any atom is 0.326 e. The van der Waals surface area contributed by atoms with Crippen LogP contribution in [0, 0.1) is 0 Å². The van der Waals surface area contributed by atoms with E-state index < -0.39 is 17.9 Å². The summed E-state index contributed by atoms with van der Waals surface area (Å²) in [6, 6.07) is 4.94. The average Bonchev–Trinajstić information content (AvgIpc) is 2.50. The van der Waals surface area contributed by atoms with Crippen LogP contribution in [-0.4, -0.2) is 34.7 Å². The van der Waals surface area contributed by atoms with Crippen molar-refractivity contribution >= 4 is 29.3 Å². The summed E-state index contributed by atoms with van der Waals surface area (Å²) in [5.41, 5.74) is 0.810. The maximum absolute atomic E-state index is 12.1. The van der Waals surface area contributed by atoms with Gasteiger partial charge in [0.05, 0.1) is 0 Å². The minimum atomic E-state index is -1.18. The van der Waals surface area contributed by atoms with Crippen molar-refractivity contribution < 1.29 is 24.3 Å². The Kier molecular flexibility index (Phi) is 6.92. The molecule has 1 aromatic rings. The first kappa shape index (κ1) is 18.3. The fourth-order valence-corrected chi connectivity index (χ4v) is 1.89. The smallest absolute Gasteiger partial charge is 0.326 e. The monoisotopic (exact) mass is 320 g/mol. The van der Waals surface area contributed by atoms with Crippen molar-refractivity contribution in [2.45, 2.75) is 39.2 Å². The van der Waals surface area contributed by atoms with Gasteiger partial charge >= 0.3 is 5.97 Å². The van der Waals surface area contributed by atoms with E-state index in [-0.39, 0.29) is 30.1 Å². The van der Waals surface area contributed by atoms with Crippen LogP contribution in [0.4, 0.5) is 5.69 Å². The number of carbonyl (C=O) groups is 4. The standard InChI is InChI=1S/C16H20N2O5/c1-3-13(20)8-9-14(16(22)23)18-15(21)11-4-6-12(7-5-11)17-10(2)19/h4-7,14H,3,8-9H2,1-2H3,(H,17,19)(H,18,21)(H,22,23)/t14-/m1/s1. The second-order valence-electron chi connectivity index (χ2n) is 5.05. The predicted molar refractivity (Wildman–Crippen MR) is 84.2 cm³/mol. The zero-order chi connectivity index (χ0) is 17.4. The molecule has 0 saturated carbocycles. The fourth-order valence-electron chi connectivity index (χ4n) is 1.89. The number of carboxylic acid groups (broad SMARTS) is 1. The van der Waals surface area contributed by atoms with Crippen molar-refractivity contribution in [1.82, 2.24) is 5.32 Å². The number of Topliss-reactive ketones (excluding diaryl/α,β-unsaturated/α-hetero) is 1. The van der Waals surface area contributed by atoms with E-state index in [1.54, 1.807) is 19.1 Å². The van der Waals surface area contributed by atoms with Crippen molar-refractivity contribution in [3.05, 3.63) is 29.8 Å². The molecule has 3 N–H and O–H groups in total. The number of benzene rings is 1. The molecule has 1 atom stereocenters. The van der Waals surface area contributed by atoms with E-state index in [1.165, 1.54) is 19.1 Å². The molecule has 0 radical (unpaired) electrons. The molecule has 7 nitrogen and oxygen atoms in total. The number of rotatable bonds is 8. The lowest BCUT2D eigenvalue weighted by atomic mass is 10.1.